The number of hydrogen-bond acceptors (Lipinski definition) is 1. The number of rotatable bonds is 8. The fourth-order valence-electron chi connectivity index (χ4n) is 2.72. The Morgan fingerprint density at radius 3 is 2.29 bits per heavy atom. The first-order valence-corrected chi connectivity index (χ1v) is 8.71. The molecule has 1 N–H and O–H groups in total. The zero-order valence-corrected chi connectivity index (χ0v) is 15.1. The van der Waals surface area contributed by atoms with Crippen molar-refractivity contribution in [3.63, 3.8) is 0 Å². The lowest BCUT2D eigenvalue weighted by molar-refractivity contribution is 0.386. The predicted octanol–water partition coefficient (Wildman–Crippen LogP) is 5.16. The van der Waals surface area contributed by atoms with Crippen molar-refractivity contribution in [2.45, 2.75) is 79.2 Å². The van der Waals surface area contributed by atoms with Gasteiger partial charge in [0.25, 0.3) is 0 Å². The summed E-state index contributed by atoms with van der Waals surface area (Å²) in [6.07, 6.45) is 6.09. The molecular weight excluding hydrogens is 254 g/mol. The summed E-state index contributed by atoms with van der Waals surface area (Å²) in [6, 6.07) is 7.05. The highest BCUT2D eigenvalue weighted by Crippen LogP contribution is 2.19. The lowest BCUT2D eigenvalue weighted by Crippen LogP contribution is -2.36. The fourth-order valence-corrected chi connectivity index (χ4v) is 2.72. The largest absolute Gasteiger partial charge is 0.312 e. The minimum absolute atomic E-state index is 0.241. The Bertz CT molecular complexity index is 414. The summed E-state index contributed by atoms with van der Waals surface area (Å²) in [4.78, 5) is 0. The molecule has 0 aliphatic heterocycles. The van der Waals surface area contributed by atoms with Gasteiger partial charge in [0, 0.05) is 5.54 Å². The smallest absolute Gasteiger partial charge is 0.00965 e. The molecule has 1 nitrogen and oxygen atoms in total. The zero-order valence-electron chi connectivity index (χ0n) is 15.1. The summed E-state index contributed by atoms with van der Waals surface area (Å²) in [5.41, 5.74) is 4.83. The minimum atomic E-state index is 0.241. The maximum atomic E-state index is 3.59. The van der Waals surface area contributed by atoms with Crippen LogP contribution in [0.3, 0.4) is 0 Å². The first-order valence-electron chi connectivity index (χ1n) is 8.71. The lowest BCUT2D eigenvalue weighted by Gasteiger charge is -2.22. The highest BCUT2D eigenvalue weighted by atomic mass is 14.9. The van der Waals surface area contributed by atoms with Gasteiger partial charge in [-0.1, -0.05) is 39.0 Å². The van der Waals surface area contributed by atoms with E-state index in [0.717, 1.165) is 25.3 Å². The van der Waals surface area contributed by atoms with E-state index in [2.05, 4.69) is 65.1 Å². The number of aryl methyl sites for hydroxylation is 3. The summed E-state index contributed by atoms with van der Waals surface area (Å²) in [7, 11) is 0. The first kappa shape index (κ1) is 18.2. The topological polar surface area (TPSA) is 12.0 Å². The molecule has 0 fully saturated rings. The summed E-state index contributed by atoms with van der Waals surface area (Å²) < 4.78 is 0. The number of nitrogens with one attached hydrogen (secondary N) is 1. The van der Waals surface area contributed by atoms with Gasteiger partial charge in [0.05, 0.1) is 0 Å². The van der Waals surface area contributed by atoms with Crippen LogP contribution in [0.5, 0.6) is 0 Å². The fraction of sp³-hybridized carbons (Fsp3) is 0.700. The van der Waals surface area contributed by atoms with E-state index in [1.165, 1.54) is 30.4 Å². The molecule has 0 radical (unpaired) electrons. The van der Waals surface area contributed by atoms with Gasteiger partial charge < -0.3 is 5.32 Å². The normalized spacial score (nSPS) is 13.4. The molecule has 0 aliphatic rings. The molecular formula is C20H35N. The molecule has 0 heterocycles. The number of hydrogen-bond donors (Lipinski definition) is 1. The van der Waals surface area contributed by atoms with Crippen LogP contribution in [0.15, 0.2) is 18.2 Å². The van der Waals surface area contributed by atoms with Gasteiger partial charge >= 0.3 is 0 Å². The summed E-state index contributed by atoms with van der Waals surface area (Å²) in [5.74, 6) is 0.787. The van der Waals surface area contributed by atoms with Crippen LogP contribution in [0, 0.1) is 5.92 Å². The Labute approximate surface area is 132 Å². The summed E-state index contributed by atoms with van der Waals surface area (Å²) in [6.45, 7) is 14.7. The van der Waals surface area contributed by atoms with Crippen molar-refractivity contribution < 1.29 is 0 Å². The summed E-state index contributed by atoms with van der Waals surface area (Å²) >= 11 is 0. The van der Waals surface area contributed by atoms with Crippen molar-refractivity contribution >= 4 is 0 Å². The van der Waals surface area contributed by atoms with Crippen molar-refractivity contribution in [2.75, 3.05) is 6.54 Å². The lowest BCUT2D eigenvalue weighted by atomic mass is 9.93. The SMILES string of the molecule is CCc1ccc(CC)c(CCC(C)CCNC(C)(C)C)c1. The third-order valence-electron chi connectivity index (χ3n) is 4.26. The maximum absolute atomic E-state index is 3.59. The average molecular weight is 290 g/mol. The molecule has 0 saturated heterocycles. The van der Waals surface area contributed by atoms with Crippen LogP contribution < -0.4 is 5.32 Å². The molecule has 1 atom stereocenters. The summed E-state index contributed by atoms with van der Waals surface area (Å²) in [5, 5.41) is 3.59. The van der Waals surface area contributed by atoms with Gasteiger partial charge in [0.15, 0.2) is 0 Å². The standard InChI is InChI=1S/C20H35N/c1-7-17-10-12-18(8-2)19(15-17)11-9-16(3)13-14-21-20(4,5)6/h10,12,15-16,21H,7-9,11,13-14H2,1-6H3. The molecule has 0 spiro atoms. The molecule has 0 aromatic heterocycles. The van der Waals surface area contributed by atoms with Gasteiger partial charge in [-0.05, 0) is 82.0 Å². The Morgan fingerprint density at radius 1 is 1.00 bits per heavy atom. The zero-order chi connectivity index (χ0) is 15.9. The second-order valence-corrected chi connectivity index (χ2v) is 7.42. The highest BCUT2D eigenvalue weighted by Gasteiger charge is 2.10. The molecule has 1 aromatic rings. The van der Waals surface area contributed by atoms with E-state index in [1.54, 1.807) is 5.56 Å². The monoisotopic (exact) mass is 289 g/mol. The van der Waals surface area contributed by atoms with Crippen molar-refractivity contribution in [2.24, 2.45) is 5.92 Å². The van der Waals surface area contributed by atoms with Crippen molar-refractivity contribution in [1.29, 1.82) is 0 Å². The Morgan fingerprint density at radius 2 is 1.71 bits per heavy atom. The van der Waals surface area contributed by atoms with Crippen LogP contribution >= 0.6 is 0 Å². The maximum Gasteiger partial charge on any atom is 0.00965 e. The third kappa shape index (κ3) is 7.13. The average Bonchev–Trinajstić information content (AvgIpc) is 2.43. The van der Waals surface area contributed by atoms with E-state index in [0.29, 0.717) is 0 Å². The van der Waals surface area contributed by atoms with Gasteiger partial charge in [-0.15, -0.1) is 0 Å². The second kappa shape index (κ2) is 8.58. The highest BCUT2D eigenvalue weighted by molar-refractivity contribution is 5.32. The van der Waals surface area contributed by atoms with Gasteiger partial charge in [0.1, 0.15) is 0 Å². The molecule has 0 aliphatic carbocycles. The molecule has 1 aromatic carbocycles. The van der Waals surface area contributed by atoms with Gasteiger partial charge in [-0.3, -0.25) is 0 Å². The van der Waals surface area contributed by atoms with E-state index >= 15 is 0 Å². The van der Waals surface area contributed by atoms with E-state index in [1.807, 2.05) is 0 Å². The number of benzene rings is 1. The van der Waals surface area contributed by atoms with E-state index in [9.17, 15) is 0 Å². The minimum Gasteiger partial charge on any atom is -0.312 e. The van der Waals surface area contributed by atoms with E-state index in [-0.39, 0.29) is 5.54 Å². The molecule has 1 unspecified atom stereocenters. The van der Waals surface area contributed by atoms with Gasteiger partial charge in [0.2, 0.25) is 0 Å². The molecule has 1 heteroatoms. The quantitative estimate of drug-likeness (QED) is 0.697. The predicted molar refractivity (Wildman–Crippen MR) is 95.1 cm³/mol. The second-order valence-electron chi connectivity index (χ2n) is 7.42. The Balaban J connectivity index is 2.46. The van der Waals surface area contributed by atoms with Crippen LogP contribution in [0.4, 0.5) is 0 Å². The molecule has 120 valence electrons. The van der Waals surface area contributed by atoms with Crippen LogP contribution in [-0.2, 0) is 19.3 Å². The van der Waals surface area contributed by atoms with Crippen LogP contribution in [-0.4, -0.2) is 12.1 Å². The molecule has 21 heavy (non-hydrogen) atoms. The molecule has 0 saturated carbocycles. The Kier molecular flexibility index (Phi) is 7.45. The van der Waals surface area contributed by atoms with E-state index < -0.39 is 0 Å². The molecule has 0 bridgehead atoms. The van der Waals surface area contributed by atoms with E-state index in [4.69, 9.17) is 0 Å². The Hall–Kier alpha value is -0.820. The molecule has 1 rings (SSSR count). The van der Waals surface area contributed by atoms with Crippen LogP contribution in [0.25, 0.3) is 0 Å². The van der Waals surface area contributed by atoms with Gasteiger partial charge in [-0.2, -0.15) is 0 Å². The first-order chi connectivity index (χ1) is 9.85. The van der Waals surface area contributed by atoms with Crippen LogP contribution in [0.1, 0.15) is 71.1 Å². The van der Waals surface area contributed by atoms with Crippen molar-refractivity contribution in [1.82, 2.24) is 5.32 Å². The van der Waals surface area contributed by atoms with Gasteiger partial charge in [-0.25, -0.2) is 0 Å². The third-order valence-corrected chi connectivity index (χ3v) is 4.26. The van der Waals surface area contributed by atoms with Crippen molar-refractivity contribution in [3.05, 3.63) is 34.9 Å². The molecule has 0 amide bonds. The van der Waals surface area contributed by atoms with Crippen LogP contribution in [0.2, 0.25) is 0 Å². The van der Waals surface area contributed by atoms with Crippen molar-refractivity contribution in [3.8, 4) is 0 Å².